The van der Waals surface area contributed by atoms with Crippen molar-refractivity contribution in [1.82, 2.24) is 15.0 Å². The number of hydrogen-bond acceptors (Lipinski definition) is 3. The van der Waals surface area contributed by atoms with Gasteiger partial charge in [0.15, 0.2) is 0 Å². The van der Waals surface area contributed by atoms with E-state index < -0.39 is 0 Å². The molecule has 0 bridgehead atoms. The molecule has 0 atom stereocenters. The number of nitrogens with zero attached hydrogens (tertiary/aromatic N) is 3. The van der Waals surface area contributed by atoms with Gasteiger partial charge in [-0.25, -0.2) is 9.97 Å². The highest BCUT2D eigenvalue weighted by atomic mass is 14.8. The first kappa shape index (κ1) is 23.1. The topological polar surface area (TPSA) is 38.7 Å². The lowest BCUT2D eigenvalue weighted by Gasteiger charge is -2.14. The van der Waals surface area contributed by atoms with Gasteiger partial charge >= 0.3 is 0 Å². The molecule has 0 spiro atoms. The minimum absolute atomic E-state index is 0.886. The molecule has 6 aromatic carbocycles. The molecule has 9 aromatic rings. The number of aromatic nitrogens is 3. The maximum Gasteiger partial charge on any atom is 0.0972 e. The van der Waals surface area contributed by atoms with Gasteiger partial charge in [0, 0.05) is 33.7 Å². The van der Waals surface area contributed by atoms with Gasteiger partial charge in [0.05, 0.1) is 28.1 Å². The van der Waals surface area contributed by atoms with Gasteiger partial charge < -0.3 is 0 Å². The van der Waals surface area contributed by atoms with Crippen LogP contribution in [0.25, 0.3) is 87.9 Å². The molecule has 0 amide bonds. The Morgan fingerprint density at radius 2 is 0.952 bits per heavy atom. The van der Waals surface area contributed by atoms with Crippen molar-refractivity contribution in [2.45, 2.75) is 0 Å². The fourth-order valence-corrected chi connectivity index (χ4v) is 6.36. The first-order valence-corrected chi connectivity index (χ1v) is 14.2. The average Bonchev–Trinajstić information content (AvgIpc) is 3.07. The van der Waals surface area contributed by atoms with E-state index in [0.717, 1.165) is 55.6 Å². The van der Waals surface area contributed by atoms with Gasteiger partial charge in [-0.3, -0.25) is 4.98 Å². The van der Waals surface area contributed by atoms with Crippen molar-refractivity contribution >= 4 is 54.1 Å². The lowest BCUT2D eigenvalue weighted by molar-refractivity contribution is 1.30. The Labute approximate surface area is 242 Å². The fraction of sp³-hybridized carbons (Fsp3) is 0. The number of pyridine rings is 3. The van der Waals surface area contributed by atoms with E-state index in [1.165, 1.54) is 32.3 Å². The van der Waals surface area contributed by atoms with Crippen molar-refractivity contribution in [2.24, 2.45) is 0 Å². The molecule has 9 rings (SSSR count). The van der Waals surface area contributed by atoms with Crippen molar-refractivity contribution in [3.05, 3.63) is 140 Å². The molecule has 0 radical (unpaired) electrons. The van der Waals surface area contributed by atoms with Gasteiger partial charge in [-0.05, 0) is 56.6 Å². The van der Waals surface area contributed by atoms with E-state index in [9.17, 15) is 0 Å². The van der Waals surface area contributed by atoms with Crippen LogP contribution in [-0.4, -0.2) is 15.0 Å². The van der Waals surface area contributed by atoms with Gasteiger partial charge in [0.1, 0.15) is 0 Å². The third-order valence-corrected chi connectivity index (χ3v) is 8.45. The predicted molar refractivity (Wildman–Crippen MR) is 175 cm³/mol. The number of hydrogen-bond donors (Lipinski definition) is 0. The molecule has 42 heavy (non-hydrogen) atoms. The first-order valence-electron chi connectivity index (χ1n) is 14.2. The van der Waals surface area contributed by atoms with Crippen LogP contribution >= 0.6 is 0 Å². The second-order valence-corrected chi connectivity index (χ2v) is 10.9. The number of rotatable bonds is 3. The molecule has 3 heterocycles. The van der Waals surface area contributed by atoms with Gasteiger partial charge in [0.2, 0.25) is 0 Å². The molecule has 3 aromatic heterocycles. The molecule has 0 N–H and O–H groups in total. The highest BCUT2D eigenvalue weighted by Gasteiger charge is 2.14. The maximum atomic E-state index is 5.27. The predicted octanol–water partition coefficient (Wildman–Crippen LogP) is 10.1. The van der Waals surface area contributed by atoms with Crippen LogP contribution in [0.4, 0.5) is 0 Å². The molecule has 0 saturated heterocycles. The van der Waals surface area contributed by atoms with E-state index in [1.54, 1.807) is 0 Å². The van der Waals surface area contributed by atoms with E-state index in [2.05, 4.69) is 115 Å². The minimum atomic E-state index is 0.886. The van der Waals surface area contributed by atoms with Gasteiger partial charge in [-0.1, -0.05) is 109 Å². The van der Waals surface area contributed by atoms with E-state index in [4.69, 9.17) is 15.0 Å². The van der Waals surface area contributed by atoms with Crippen LogP contribution in [0, 0.1) is 0 Å². The summed E-state index contributed by atoms with van der Waals surface area (Å²) >= 11 is 0. The fourth-order valence-electron chi connectivity index (χ4n) is 6.36. The molecule has 0 unspecified atom stereocenters. The van der Waals surface area contributed by atoms with E-state index in [1.807, 2.05) is 24.4 Å². The Morgan fingerprint density at radius 1 is 0.357 bits per heavy atom. The quantitative estimate of drug-likeness (QED) is 0.212. The molecule has 0 saturated carbocycles. The third-order valence-electron chi connectivity index (χ3n) is 8.45. The van der Waals surface area contributed by atoms with E-state index >= 15 is 0 Å². The summed E-state index contributed by atoms with van der Waals surface area (Å²) < 4.78 is 0. The second-order valence-electron chi connectivity index (χ2n) is 10.9. The molecule has 3 nitrogen and oxygen atoms in total. The molecule has 0 aliphatic heterocycles. The number of fused-ring (bicyclic) bond motifs is 3. The van der Waals surface area contributed by atoms with Gasteiger partial charge in [0.25, 0.3) is 0 Å². The molecule has 0 aliphatic rings. The zero-order chi connectivity index (χ0) is 27.6. The maximum absolute atomic E-state index is 5.27. The summed E-state index contributed by atoms with van der Waals surface area (Å²) in [5.74, 6) is 0. The van der Waals surface area contributed by atoms with Crippen LogP contribution in [0.2, 0.25) is 0 Å². The molecule has 0 aliphatic carbocycles. The summed E-state index contributed by atoms with van der Waals surface area (Å²) in [7, 11) is 0. The lowest BCUT2D eigenvalue weighted by Crippen LogP contribution is -1.93. The summed E-state index contributed by atoms with van der Waals surface area (Å²) in [6.45, 7) is 0. The van der Waals surface area contributed by atoms with Crippen LogP contribution < -0.4 is 0 Å². The summed E-state index contributed by atoms with van der Waals surface area (Å²) in [5.41, 5.74) is 7.82. The standard InChI is InChI=1S/C39H23N3/c1-2-5-24(6-3-1)33-20-17-30(23-40-33)34-21-15-28-11-12-29-16-22-35(42-39(29)38(28)41-34)31-18-13-27-10-9-25-7-4-8-26-14-19-32(31)37(27)36(25)26/h1-23H. The highest BCUT2D eigenvalue weighted by molar-refractivity contribution is 6.25. The monoisotopic (exact) mass is 533 g/mol. The molecule has 194 valence electrons. The summed E-state index contributed by atoms with van der Waals surface area (Å²) in [5, 5.41) is 9.77. The largest absolute Gasteiger partial charge is 0.256 e. The lowest BCUT2D eigenvalue weighted by atomic mass is 9.91. The summed E-state index contributed by atoms with van der Waals surface area (Å²) in [4.78, 5) is 15.1. The second kappa shape index (κ2) is 8.92. The molecular weight excluding hydrogens is 510 g/mol. The SMILES string of the molecule is c1ccc(-c2ccc(-c3ccc4ccc5ccc(-c6ccc7ccc8cccc9ccc6c7c89)nc5c4n3)cn2)cc1. The Bertz CT molecular complexity index is 2430. The van der Waals surface area contributed by atoms with Crippen LogP contribution in [0.5, 0.6) is 0 Å². The van der Waals surface area contributed by atoms with Gasteiger partial charge in [-0.2, -0.15) is 0 Å². The Morgan fingerprint density at radius 3 is 1.69 bits per heavy atom. The Kier molecular flexibility index (Phi) is 4.90. The normalized spacial score (nSPS) is 11.8. The Hall–Kier alpha value is -5.67. The minimum Gasteiger partial charge on any atom is -0.256 e. The zero-order valence-electron chi connectivity index (χ0n) is 22.6. The summed E-state index contributed by atoms with van der Waals surface area (Å²) in [6.07, 6.45) is 1.91. The third kappa shape index (κ3) is 3.50. The van der Waals surface area contributed by atoms with Crippen molar-refractivity contribution in [3.8, 4) is 33.8 Å². The van der Waals surface area contributed by atoms with Crippen molar-refractivity contribution < 1.29 is 0 Å². The first-order chi connectivity index (χ1) is 20.8. The van der Waals surface area contributed by atoms with Crippen LogP contribution in [-0.2, 0) is 0 Å². The van der Waals surface area contributed by atoms with Crippen molar-refractivity contribution in [1.29, 1.82) is 0 Å². The van der Waals surface area contributed by atoms with E-state index in [0.29, 0.717) is 0 Å². The smallest absolute Gasteiger partial charge is 0.0972 e. The molecule has 0 fully saturated rings. The molecule has 3 heteroatoms. The van der Waals surface area contributed by atoms with E-state index in [-0.39, 0.29) is 0 Å². The highest BCUT2D eigenvalue weighted by Crippen LogP contribution is 2.39. The van der Waals surface area contributed by atoms with Gasteiger partial charge in [-0.15, -0.1) is 0 Å². The van der Waals surface area contributed by atoms with Crippen molar-refractivity contribution in [2.75, 3.05) is 0 Å². The summed E-state index contributed by atoms with van der Waals surface area (Å²) in [6, 6.07) is 47.0. The zero-order valence-corrected chi connectivity index (χ0v) is 22.6. The van der Waals surface area contributed by atoms with Crippen LogP contribution in [0.15, 0.2) is 140 Å². The van der Waals surface area contributed by atoms with Crippen molar-refractivity contribution in [3.63, 3.8) is 0 Å². The molecular formula is C39H23N3. The number of benzene rings is 6. The average molecular weight is 534 g/mol. The van der Waals surface area contributed by atoms with Crippen LogP contribution in [0.3, 0.4) is 0 Å². The van der Waals surface area contributed by atoms with Crippen LogP contribution in [0.1, 0.15) is 0 Å². The Balaban J connectivity index is 1.21.